The van der Waals surface area contributed by atoms with Crippen molar-refractivity contribution < 1.29 is 26.9 Å². The summed E-state index contributed by atoms with van der Waals surface area (Å²) in [4.78, 5) is 9.09. The first-order chi connectivity index (χ1) is 22.5. The van der Waals surface area contributed by atoms with Gasteiger partial charge in [0.2, 0.25) is 0 Å². The van der Waals surface area contributed by atoms with Crippen molar-refractivity contribution in [3.63, 3.8) is 0 Å². The largest absolute Gasteiger partial charge is 0.598 e. The monoisotopic (exact) mass is 782 g/mol. The van der Waals surface area contributed by atoms with Crippen molar-refractivity contribution >= 4 is 47.0 Å². The van der Waals surface area contributed by atoms with E-state index in [0.29, 0.717) is 15.9 Å². The highest BCUT2D eigenvalue weighted by atomic mass is 79.9. The predicted octanol–water partition coefficient (Wildman–Crippen LogP) is 8.97. The summed E-state index contributed by atoms with van der Waals surface area (Å²) in [6, 6.07) is 7.35. The Kier molecular flexibility index (Phi) is 12.9. The minimum atomic E-state index is -3.13. The highest BCUT2D eigenvalue weighted by molar-refractivity contribution is 9.10. The fraction of sp³-hybridized carbons (Fsp3) is 0.500. The standard InChI is InChI=1S/C34H46BrF3N6O3SSi/c1-32(2,3)48(45)44-21(17-39)14-27(29-23(35)12-11-13-28(29)46-31(37)38)43-26-15-22(24(36)16-25(26)40)20-18-41-30(42-19-20)34(7,8)47-49(9,10)33(4,5)6/h11-13,15-16,18-19,21,27,31,43-44H,14,40H2,1-10H3/t21-,27-,48?/m1/s1. The summed E-state index contributed by atoms with van der Waals surface area (Å²) in [7, 11) is -2.18. The summed E-state index contributed by atoms with van der Waals surface area (Å²) in [6.45, 7) is 16.7. The second-order valence-electron chi connectivity index (χ2n) is 14.7. The molecule has 0 bridgehead atoms. The van der Waals surface area contributed by atoms with E-state index in [4.69, 9.17) is 14.9 Å². The molecule has 4 N–H and O–H groups in total. The third-order valence-corrected chi connectivity index (χ3v) is 15.2. The smallest absolute Gasteiger partial charge is 0.387 e. The number of halogens is 4. The topological polar surface area (TPSA) is 141 Å². The third-order valence-electron chi connectivity index (χ3n) is 8.30. The lowest BCUT2D eigenvalue weighted by Crippen LogP contribution is -2.46. The van der Waals surface area contributed by atoms with Crippen LogP contribution in [0.5, 0.6) is 5.75 Å². The first-order valence-corrected chi connectivity index (χ1v) is 20.5. The van der Waals surface area contributed by atoms with Crippen LogP contribution in [-0.4, -0.2) is 40.2 Å². The molecule has 1 heterocycles. The predicted molar refractivity (Wildman–Crippen MR) is 195 cm³/mol. The number of nitrogens with two attached hydrogens (primary N) is 1. The Labute approximate surface area is 300 Å². The zero-order chi connectivity index (χ0) is 37.1. The van der Waals surface area contributed by atoms with Crippen LogP contribution in [0.4, 0.5) is 24.5 Å². The molecule has 0 aliphatic heterocycles. The second-order valence-corrected chi connectivity index (χ2v) is 22.3. The molecule has 0 amide bonds. The fourth-order valence-electron chi connectivity index (χ4n) is 4.71. The van der Waals surface area contributed by atoms with E-state index in [-0.39, 0.29) is 39.7 Å². The minimum absolute atomic E-state index is 0.0239. The maximum atomic E-state index is 15.5. The van der Waals surface area contributed by atoms with Crippen LogP contribution in [0.1, 0.15) is 79.2 Å². The maximum absolute atomic E-state index is 15.5. The Balaban J connectivity index is 2.06. The Bertz CT molecular complexity index is 1650. The molecule has 3 rings (SSSR count). The van der Waals surface area contributed by atoms with Gasteiger partial charge in [-0.1, -0.05) is 42.8 Å². The highest BCUT2D eigenvalue weighted by Crippen LogP contribution is 2.42. The van der Waals surface area contributed by atoms with Crippen LogP contribution in [0.15, 0.2) is 47.2 Å². The van der Waals surface area contributed by atoms with Crippen LogP contribution in [0.2, 0.25) is 18.1 Å². The zero-order valence-corrected chi connectivity index (χ0v) is 32.9. The lowest BCUT2D eigenvalue weighted by Gasteiger charge is -2.42. The van der Waals surface area contributed by atoms with Gasteiger partial charge in [-0.25, -0.2) is 14.4 Å². The molecule has 2 aromatic carbocycles. The lowest BCUT2D eigenvalue weighted by molar-refractivity contribution is -0.0506. The zero-order valence-electron chi connectivity index (χ0n) is 29.5. The van der Waals surface area contributed by atoms with Gasteiger partial charge in [0.1, 0.15) is 28.0 Å². The number of benzene rings is 2. The Hall–Kier alpha value is -2.87. The minimum Gasteiger partial charge on any atom is -0.598 e. The van der Waals surface area contributed by atoms with Gasteiger partial charge in [0.05, 0.1) is 23.5 Å². The first kappa shape index (κ1) is 40.6. The van der Waals surface area contributed by atoms with Crippen molar-refractivity contribution in [2.45, 2.75) is 109 Å². The molecule has 0 saturated carbocycles. The van der Waals surface area contributed by atoms with Gasteiger partial charge in [-0.15, -0.1) is 4.72 Å². The molecule has 3 aromatic rings. The van der Waals surface area contributed by atoms with E-state index in [1.54, 1.807) is 26.8 Å². The van der Waals surface area contributed by atoms with Crippen molar-refractivity contribution in [3.05, 3.63) is 64.4 Å². The third kappa shape index (κ3) is 10.3. The van der Waals surface area contributed by atoms with E-state index in [9.17, 15) is 18.6 Å². The number of nitrogens with one attached hydrogen (secondary N) is 2. The average molecular weight is 784 g/mol. The summed E-state index contributed by atoms with van der Waals surface area (Å²) >= 11 is 1.81. The Morgan fingerprint density at radius 2 is 1.69 bits per heavy atom. The number of hydrogen-bond acceptors (Lipinski definition) is 9. The number of alkyl halides is 2. The molecule has 1 aromatic heterocycles. The van der Waals surface area contributed by atoms with Crippen LogP contribution in [0.25, 0.3) is 11.1 Å². The summed E-state index contributed by atoms with van der Waals surface area (Å²) < 4.78 is 69.4. The number of nitrogen functional groups attached to an aromatic ring is 1. The number of nitriles is 1. The molecular weight excluding hydrogens is 737 g/mol. The van der Waals surface area contributed by atoms with Crippen molar-refractivity contribution in [2.75, 3.05) is 11.1 Å². The van der Waals surface area contributed by atoms with Crippen LogP contribution < -0.4 is 20.5 Å². The number of nitrogens with zero attached hydrogens (tertiary/aromatic N) is 3. The molecule has 0 saturated heterocycles. The summed E-state index contributed by atoms with van der Waals surface area (Å²) in [5.74, 6) is -0.339. The highest BCUT2D eigenvalue weighted by Gasteiger charge is 2.43. The second kappa shape index (κ2) is 15.6. The van der Waals surface area contributed by atoms with E-state index >= 15 is 4.39 Å². The summed E-state index contributed by atoms with van der Waals surface area (Å²) in [5.41, 5.74) is 6.51. The number of rotatable bonds is 13. The maximum Gasteiger partial charge on any atom is 0.387 e. The van der Waals surface area contributed by atoms with Crippen LogP contribution in [-0.2, 0) is 21.4 Å². The van der Waals surface area contributed by atoms with E-state index in [1.807, 2.05) is 13.8 Å². The molecule has 49 heavy (non-hydrogen) atoms. The van der Waals surface area contributed by atoms with Gasteiger partial charge in [0, 0.05) is 51.3 Å². The molecule has 0 spiro atoms. The molecule has 0 aliphatic carbocycles. The van der Waals surface area contributed by atoms with Crippen LogP contribution >= 0.6 is 15.9 Å². The molecule has 0 aliphatic rings. The number of hydrogen-bond donors (Lipinski definition) is 3. The van der Waals surface area contributed by atoms with Crippen LogP contribution in [0.3, 0.4) is 0 Å². The van der Waals surface area contributed by atoms with E-state index in [2.05, 4.69) is 75.9 Å². The van der Waals surface area contributed by atoms with E-state index in [1.165, 1.54) is 30.6 Å². The molecule has 15 heteroatoms. The fourth-order valence-corrected chi connectivity index (χ4v) is 7.77. The van der Waals surface area contributed by atoms with Gasteiger partial charge in [-0.3, -0.25) is 0 Å². The van der Waals surface area contributed by atoms with Crippen LogP contribution in [0, 0.1) is 17.1 Å². The van der Waals surface area contributed by atoms with E-state index < -0.39 is 54.5 Å². The van der Waals surface area contributed by atoms with Crippen molar-refractivity contribution in [2.24, 2.45) is 0 Å². The van der Waals surface area contributed by atoms with Gasteiger partial charge < -0.3 is 24.8 Å². The normalized spacial score (nSPS) is 14.7. The van der Waals surface area contributed by atoms with Crippen molar-refractivity contribution in [3.8, 4) is 22.9 Å². The number of aromatic nitrogens is 2. The molecule has 3 atom stereocenters. The van der Waals surface area contributed by atoms with Crippen molar-refractivity contribution in [1.29, 1.82) is 5.26 Å². The van der Waals surface area contributed by atoms with Gasteiger partial charge in [-0.2, -0.15) is 14.0 Å². The summed E-state index contributed by atoms with van der Waals surface area (Å²) in [6.07, 6.45) is 2.96. The lowest BCUT2D eigenvalue weighted by atomic mass is 9.97. The molecule has 1 unspecified atom stereocenters. The molecule has 0 radical (unpaired) electrons. The first-order valence-electron chi connectivity index (χ1n) is 15.7. The number of anilines is 2. The van der Waals surface area contributed by atoms with Gasteiger partial charge in [0.15, 0.2) is 14.1 Å². The molecule has 9 nitrogen and oxygen atoms in total. The summed E-state index contributed by atoms with van der Waals surface area (Å²) in [5, 5.41) is 13.2. The molecule has 268 valence electrons. The quantitative estimate of drug-likeness (QED) is 0.0880. The van der Waals surface area contributed by atoms with Gasteiger partial charge in [-0.05, 0) is 77.0 Å². The Morgan fingerprint density at radius 1 is 1.08 bits per heavy atom. The molecular formula is C34H46BrF3N6O3SSi. The molecule has 0 fully saturated rings. The van der Waals surface area contributed by atoms with Crippen molar-refractivity contribution in [1.82, 2.24) is 14.7 Å². The average Bonchev–Trinajstić information content (AvgIpc) is 2.96. The number of ether oxygens (including phenoxy) is 1. The van der Waals surface area contributed by atoms with E-state index in [0.717, 1.165) is 6.07 Å². The van der Waals surface area contributed by atoms with Gasteiger partial charge in [0.25, 0.3) is 0 Å². The van der Waals surface area contributed by atoms with Gasteiger partial charge >= 0.3 is 6.61 Å². The Morgan fingerprint density at radius 3 is 2.22 bits per heavy atom. The SMILES string of the molecule is CC(C)(O[Si](C)(C)C(C)(C)C)c1ncc(-c2cc(N[C@H](C[C@H](C#N)N[S+]([O-])C(C)(C)C)c3c(Br)cccc3OC(F)F)c(N)cc2F)cn1.